The number of likely N-dealkylation sites (tertiary alicyclic amines) is 1. The molecule has 1 aromatic carbocycles. The van der Waals surface area contributed by atoms with Crippen LogP contribution in [0.2, 0.25) is 0 Å². The van der Waals surface area contributed by atoms with Gasteiger partial charge in [0.15, 0.2) is 0 Å². The van der Waals surface area contributed by atoms with Crippen LogP contribution in [0.15, 0.2) is 35.8 Å². The van der Waals surface area contributed by atoms with Crippen LogP contribution >= 0.6 is 11.3 Å². The highest BCUT2D eigenvalue weighted by molar-refractivity contribution is 7.09. The van der Waals surface area contributed by atoms with Gasteiger partial charge in [0.05, 0.1) is 17.2 Å². The molecule has 4 saturated heterocycles. The van der Waals surface area contributed by atoms with Gasteiger partial charge in [0.1, 0.15) is 0 Å². The van der Waals surface area contributed by atoms with Crippen molar-refractivity contribution in [2.75, 3.05) is 19.6 Å². The number of carbonyl (C=O) groups is 1. The molecule has 0 spiro atoms. The van der Waals surface area contributed by atoms with Gasteiger partial charge in [0.25, 0.3) is 0 Å². The zero-order chi connectivity index (χ0) is 18.4. The Balaban J connectivity index is 1.39. The molecular weight excluding hydrogens is 354 g/mol. The van der Waals surface area contributed by atoms with Crippen LogP contribution < -0.4 is 0 Å². The number of aryl methyl sites for hydroxylation is 2. The Kier molecular flexibility index (Phi) is 4.52. The van der Waals surface area contributed by atoms with E-state index < -0.39 is 0 Å². The highest BCUT2D eigenvalue weighted by atomic mass is 32.1. The summed E-state index contributed by atoms with van der Waals surface area (Å²) in [5.41, 5.74) is 4.37. The molecule has 4 aliphatic rings. The van der Waals surface area contributed by atoms with E-state index in [1.165, 1.54) is 36.4 Å². The van der Waals surface area contributed by atoms with Crippen molar-refractivity contribution < 1.29 is 4.79 Å². The van der Waals surface area contributed by atoms with Crippen LogP contribution in [0.3, 0.4) is 0 Å². The smallest absolute Gasteiger partial charge is 0.223 e. The van der Waals surface area contributed by atoms with E-state index in [9.17, 15) is 4.79 Å². The van der Waals surface area contributed by atoms with Crippen molar-refractivity contribution in [2.24, 2.45) is 5.92 Å². The molecule has 0 N–H and O–H groups in total. The summed E-state index contributed by atoms with van der Waals surface area (Å²) in [4.78, 5) is 23.8. The molecule has 4 fully saturated rings. The van der Waals surface area contributed by atoms with Crippen LogP contribution in [0, 0.1) is 12.8 Å². The second kappa shape index (κ2) is 7.02. The lowest BCUT2D eigenvalue weighted by Gasteiger charge is -2.51. The second-order valence-corrected chi connectivity index (χ2v) is 9.22. The highest BCUT2D eigenvalue weighted by Crippen LogP contribution is 2.46. The Hall–Kier alpha value is -1.72. The number of nitrogens with zero attached hydrogens (tertiary/aromatic N) is 3. The SMILES string of the molecule is Cc1ncsc1CCC(=O)N1C[C@@H](c2ccccc2)[C@@H]2[C@H]1C1CCN2CC1. The Morgan fingerprint density at radius 3 is 2.67 bits per heavy atom. The zero-order valence-corrected chi connectivity index (χ0v) is 16.7. The van der Waals surface area contributed by atoms with Crippen LogP contribution in [0.5, 0.6) is 0 Å². The van der Waals surface area contributed by atoms with Gasteiger partial charge in [-0.05, 0) is 50.8 Å². The first-order chi connectivity index (χ1) is 13.2. The van der Waals surface area contributed by atoms with Crippen LogP contribution in [-0.2, 0) is 11.2 Å². The van der Waals surface area contributed by atoms with Crippen molar-refractivity contribution >= 4 is 17.2 Å². The van der Waals surface area contributed by atoms with E-state index in [1.807, 2.05) is 12.4 Å². The minimum atomic E-state index is 0.338. The van der Waals surface area contributed by atoms with Gasteiger partial charge in [-0.2, -0.15) is 0 Å². The maximum Gasteiger partial charge on any atom is 0.223 e. The average molecular weight is 382 g/mol. The molecule has 2 bridgehead atoms. The van der Waals surface area contributed by atoms with Crippen LogP contribution in [0.1, 0.15) is 41.3 Å². The number of aromatic nitrogens is 1. The van der Waals surface area contributed by atoms with Crippen molar-refractivity contribution in [1.29, 1.82) is 0 Å². The van der Waals surface area contributed by atoms with Crippen molar-refractivity contribution in [3.05, 3.63) is 52.0 Å². The predicted octanol–water partition coefficient (Wildman–Crippen LogP) is 3.47. The van der Waals surface area contributed by atoms with Crippen molar-refractivity contribution in [1.82, 2.24) is 14.8 Å². The third-order valence-corrected chi connectivity index (χ3v) is 7.95. The van der Waals surface area contributed by atoms with Gasteiger partial charge in [0, 0.05) is 29.8 Å². The third kappa shape index (κ3) is 3.01. The number of hydrogen-bond donors (Lipinski definition) is 0. The van der Waals surface area contributed by atoms with Gasteiger partial charge in [-0.1, -0.05) is 30.3 Å². The van der Waals surface area contributed by atoms with E-state index in [0.717, 1.165) is 18.7 Å². The van der Waals surface area contributed by atoms with E-state index in [0.29, 0.717) is 36.2 Å². The molecule has 2 aromatic rings. The summed E-state index contributed by atoms with van der Waals surface area (Å²) in [5.74, 6) is 1.47. The minimum Gasteiger partial charge on any atom is -0.337 e. The van der Waals surface area contributed by atoms with E-state index >= 15 is 0 Å². The normalized spacial score (nSPS) is 31.9. The number of fused-ring (bicyclic) bond motifs is 2. The first-order valence-corrected chi connectivity index (χ1v) is 11.1. The summed E-state index contributed by atoms with van der Waals surface area (Å²) in [6.07, 6.45) is 3.94. The van der Waals surface area contributed by atoms with E-state index in [2.05, 4.69) is 45.1 Å². The van der Waals surface area contributed by atoms with Crippen molar-refractivity contribution in [3.63, 3.8) is 0 Å². The molecule has 1 amide bonds. The summed E-state index contributed by atoms with van der Waals surface area (Å²) in [7, 11) is 0. The van der Waals surface area contributed by atoms with E-state index in [-0.39, 0.29) is 0 Å². The first kappa shape index (κ1) is 17.4. The topological polar surface area (TPSA) is 36.4 Å². The van der Waals surface area contributed by atoms with E-state index in [1.54, 1.807) is 11.3 Å². The Morgan fingerprint density at radius 2 is 1.96 bits per heavy atom. The second-order valence-electron chi connectivity index (χ2n) is 8.28. The molecule has 1 aromatic heterocycles. The Morgan fingerprint density at radius 1 is 1.19 bits per heavy atom. The Labute approximate surface area is 165 Å². The largest absolute Gasteiger partial charge is 0.337 e. The van der Waals surface area contributed by atoms with Crippen LogP contribution in [-0.4, -0.2) is 52.4 Å². The molecule has 0 saturated carbocycles. The molecule has 5 heterocycles. The van der Waals surface area contributed by atoms with Gasteiger partial charge in [0.2, 0.25) is 5.91 Å². The average Bonchev–Trinajstić information content (AvgIpc) is 3.33. The summed E-state index contributed by atoms with van der Waals surface area (Å²) in [6.45, 7) is 5.34. The molecule has 0 aliphatic carbocycles. The van der Waals surface area contributed by atoms with Gasteiger partial charge in [-0.25, -0.2) is 4.98 Å². The van der Waals surface area contributed by atoms with Crippen molar-refractivity contribution in [3.8, 4) is 0 Å². The minimum absolute atomic E-state index is 0.338. The first-order valence-electron chi connectivity index (χ1n) is 10.2. The zero-order valence-electron chi connectivity index (χ0n) is 15.9. The molecule has 3 atom stereocenters. The molecule has 0 radical (unpaired) electrons. The summed E-state index contributed by atoms with van der Waals surface area (Å²) < 4.78 is 0. The number of thiazole rings is 1. The summed E-state index contributed by atoms with van der Waals surface area (Å²) in [5, 5.41) is 0. The molecule has 5 heteroatoms. The quantitative estimate of drug-likeness (QED) is 0.814. The fourth-order valence-electron chi connectivity index (χ4n) is 5.63. The molecule has 0 unspecified atom stereocenters. The number of hydrogen-bond acceptors (Lipinski definition) is 4. The van der Waals surface area contributed by atoms with E-state index in [4.69, 9.17) is 0 Å². The number of benzene rings is 1. The maximum atomic E-state index is 13.3. The molecule has 4 aliphatic heterocycles. The maximum absolute atomic E-state index is 13.3. The summed E-state index contributed by atoms with van der Waals surface area (Å²) >= 11 is 1.68. The van der Waals surface area contributed by atoms with Crippen LogP contribution in [0.4, 0.5) is 0 Å². The molecule has 142 valence electrons. The monoisotopic (exact) mass is 381 g/mol. The fraction of sp³-hybridized carbons (Fsp3) is 0.545. The Bertz CT molecular complexity index is 812. The van der Waals surface area contributed by atoms with Crippen LogP contribution in [0.25, 0.3) is 0 Å². The fourth-order valence-corrected chi connectivity index (χ4v) is 6.41. The standard InChI is InChI=1S/C22H27N3OS/c1-15-19(27-14-23-15)7-8-20(26)25-13-18(16-5-3-2-4-6-16)22-21(25)17-9-11-24(22)12-10-17/h2-6,14,17-18,21-22H,7-13H2,1H3/t18-,21+,22+/m0/s1. The van der Waals surface area contributed by atoms with Gasteiger partial charge in [-0.15, -0.1) is 11.3 Å². The number of carbonyl (C=O) groups excluding carboxylic acids is 1. The predicted molar refractivity (Wildman–Crippen MR) is 108 cm³/mol. The number of piperidine rings is 3. The molecule has 4 nitrogen and oxygen atoms in total. The lowest BCUT2D eigenvalue weighted by atomic mass is 9.75. The lowest BCUT2D eigenvalue weighted by Crippen LogP contribution is -2.60. The third-order valence-electron chi connectivity index (χ3n) is 6.95. The molecule has 6 rings (SSSR count). The molecule has 27 heavy (non-hydrogen) atoms. The van der Waals surface area contributed by atoms with Gasteiger partial charge in [-0.3, -0.25) is 9.69 Å². The highest BCUT2D eigenvalue weighted by Gasteiger charge is 2.54. The summed E-state index contributed by atoms with van der Waals surface area (Å²) in [6, 6.07) is 11.8. The molecular formula is C22H27N3OS. The number of amides is 1. The van der Waals surface area contributed by atoms with Gasteiger partial charge >= 0.3 is 0 Å². The van der Waals surface area contributed by atoms with Crippen molar-refractivity contribution in [2.45, 2.75) is 50.6 Å². The number of rotatable bonds is 4. The lowest BCUT2D eigenvalue weighted by molar-refractivity contribution is -0.135. The van der Waals surface area contributed by atoms with Gasteiger partial charge < -0.3 is 4.90 Å².